The van der Waals surface area contributed by atoms with Gasteiger partial charge in [-0.25, -0.2) is 26.4 Å². The summed E-state index contributed by atoms with van der Waals surface area (Å²) in [6, 6.07) is 3.39. The zero-order valence-corrected chi connectivity index (χ0v) is 26.8. The van der Waals surface area contributed by atoms with Crippen molar-refractivity contribution < 1.29 is 50.9 Å². The summed E-state index contributed by atoms with van der Waals surface area (Å²) in [6.45, 7) is 3.25. The maximum absolute atomic E-state index is 13.9. The van der Waals surface area contributed by atoms with E-state index in [1.54, 1.807) is 13.8 Å². The van der Waals surface area contributed by atoms with E-state index in [4.69, 9.17) is 16.3 Å². The molecule has 2 aliphatic rings. The number of likely N-dealkylation sites (tertiary alicyclic amines) is 1. The number of ether oxygens (including phenoxy) is 1. The summed E-state index contributed by atoms with van der Waals surface area (Å²) < 4.78 is 73.1. The molecule has 252 valence electrons. The molecule has 4 rings (SSSR count). The van der Waals surface area contributed by atoms with E-state index in [-0.39, 0.29) is 53.5 Å². The fraction of sp³-hybridized carbons (Fsp3) is 0.500. The molecule has 4 N–H and O–H groups in total. The number of amides is 3. The normalized spacial score (nSPS) is 26.5. The van der Waals surface area contributed by atoms with Gasteiger partial charge in [0.05, 0.1) is 34.0 Å². The predicted octanol–water partition coefficient (Wildman–Crippen LogP) is 3.66. The van der Waals surface area contributed by atoms with Crippen LogP contribution < -0.4 is 10.6 Å². The fourth-order valence-corrected chi connectivity index (χ4v) is 8.79. The summed E-state index contributed by atoms with van der Waals surface area (Å²) in [6.07, 6.45) is -1.46. The molecular weight excluding hydrogens is 655 g/mol. The predicted molar refractivity (Wildman–Crippen MR) is 160 cm³/mol. The molecule has 1 aliphatic carbocycles. The van der Waals surface area contributed by atoms with Crippen LogP contribution >= 0.6 is 11.6 Å². The van der Waals surface area contributed by atoms with Gasteiger partial charge in [-0.2, -0.15) is 0 Å². The monoisotopic (exact) mass is 689 g/mol. The van der Waals surface area contributed by atoms with Gasteiger partial charge in [-0.15, -0.1) is 0 Å². The molecule has 1 aliphatic heterocycles. The Morgan fingerprint density at radius 2 is 1.78 bits per heavy atom. The number of benzene rings is 2. The van der Waals surface area contributed by atoms with Gasteiger partial charge < -0.3 is 25.6 Å². The van der Waals surface area contributed by atoms with Crippen LogP contribution in [0.3, 0.4) is 0 Å². The Morgan fingerprint density at radius 1 is 1.13 bits per heavy atom. The Morgan fingerprint density at radius 3 is 2.39 bits per heavy atom. The Hall–Kier alpha value is -3.40. The van der Waals surface area contributed by atoms with Gasteiger partial charge in [0.25, 0.3) is 5.91 Å². The van der Waals surface area contributed by atoms with E-state index >= 15 is 0 Å². The summed E-state index contributed by atoms with van der Waals surface area (Å²) in [5, 5.41) is 25.7. The molecule has 3 amide bonds. The Kier molecular flexibility index (Phi) is 10.6. The number of nitrogens with one attached hydrogen (secondary N) is 2. The molecule has 2 fully saturated rings. The van der Waals surface area contributed by atoms with Gasteiger partial charge in [0.1, 0.15) is 6.04 Å². The summed E-state index contributed by atoms with van der Waals surface area (Å²) in [4.78, 5) is 38.7. The Labute approximate surface area is 269 Å². The number of sulfone groups is 1. The largest absolute Gasteiger partial charge is 0.453 e. The van der Waals surface area contributed by atoms with Crippen molar-refractivity contribution in [3.05, 3.63) is 58.4 Å². The van der Waals surface area contributed by atoms with E-state index in [0.717, 1.165) is 18.1 Å². The van der Waals surface area contributed by atoms with Crippen LogP contribution in [0.25, 0.3) is 0 Å². The van der Waals surface area contributed by atoms with Crippen LogP contribution in [-0.2, 0) is 19.4 Å². The van der Waals surface area contributed by atoms with Crippen molar-refractivity contribution in [2.24, 2.45) is 11.8 Å². The standard InChI is InChI=1S/C30H35ClF3N3O8S/c1-4-17-11-19(9-15(2)30(17,42)14-35-28(40)26-23(38)7-8-37(26)29(41)45-3)46(43,44)24-10-16(5-6-20(24)31)27(39)36-18-12-21(32)25(34)22(33)13-18/h5-6,10,12-13,15,17,19,23,26,38,42H,4,7-9,11,14H2,1-3H3,(H,35,40)(H,36,39)/t15-,17?,19-,23-,26-,30-/m0/s1. The lowest BCUT2D eigenvalue weighted by Gasteiger charge is -2.47. The molecule has 46 heavy (non-hydrogen) atoms. The first kappa shape index (κ1) is 35.5. The average molecular weight is 690 g/mol. The number of aliphatic hydroxyl groups is 2. The molecule has 6 atom stereocenters. The summed E-state index contributed by atoms with van der Waals surface area (Å²) in [5.74, 6) is -7.65. The van der Waals surface area contributed by atoms with E-state index in [9.17, 15) is 46.2 Å². The van der Waals surface area contributed by atoms with Gasteiger partial charge in [-0.3, -0.25) is 14.5 Å². The lowest BCUT2D eigenvalue weighted by atomic mass is 9.67. The highest BCUT2D eigenvalue weighted by atomic mass is 35.5. The van der Waals surface area contributed by atoms with E-state index in [1.807, 2.05) is 0 Å². The van der Waals surface area contributed by atoms with E-state index in [1.165, 1.54) is 12.1 Å². The minimum atomic E-state index is -4.21. The van der Waals surface area contributed by atoms with Crippen LogP contribution in [0.5, 0.6) is 0 Å². The molecule has 1 saturated heterocycles. The fourth-order valence-electron chi connectivity index (χ4n) is 6.33. The number of anilines is 1. The molecule has 0 spiro atoms. The van der Waals surface area contributed by atoms with E-state index in [0.29, 0.717) is 18.6 Å². The zero-order chi connectivity index (χ0) is 34.1. The molecule has 1 saturated carbocycles. The van der Waals surface area contributed by atoms with Crippen LogP contribution in [0.1, 0.15) is 49.9 Å². The lowest BCUT2D eigenvalue weighted by Crippen LogP contribution is -2.59. The third-order valence-corrected chi connectivity index (χ3v) is 11.6. The van der Waals surface area contributed by atoms with Crippen molar-refractivity contribution >= 4 is 45.0 Å². The van der Waals surface area contributed by atoms with Crippen molar-refractivity contribution in [2.75, 3.05) is 25.5 Å². The number of hydrogen-bond acceptors (Lipinski definition) is 8. The van der Waals surface area contributed by atoms with Gasteiger partial charge in [0.2, 0.25) is 5.91 Å². The minimum Gasteiger partial charge on any atom is -0.453 e. The van der Waals surface area contributed by atoms with Gasteiger partial charge in [-0.1, -0.05) is 31.9 Å². The zero-order valence-electron chi connectivity index (χ0n) is 25.2. The Bertz CT molecular complexity index is 1610. The maximum atomic E-state index is 13.9. The summed E-state index contributed by atoms with van der Waals surface area (Å²) in [5.41, 5.74) is -2.13. The molecule has 1 unspecified atom stereocenters. The average Bonchev–Trinajstić information content (AvgIpc) is 3.40. The third-order valence-electron chi connectivity index (χ3n) is 8.99. The molecular formula is C30H35ClF3N3O8S. The molecule has 0 aromatic heterocycles. The number of carbonyl (C=O) groups is 3. The highest BCUT2D eigenvalue weighted by Crippen LogP contribution is 2.44. The number of carbonyl (C=O) groups excluding carboxylic acids is 3. The molecule has 2 aromatic carbocycles. The van der Waals surface area contributed by atoms with Gasteiger partial charge in [0.15, 0.2) is 27.3 Å². The first-order chi connectivity index (χ1) is 21.5. The SMILES string of the molecule is CCC1C[C@@H](S(=O)(=O)c2cc(C(=O)Nc3cc(F)c(F)c(F)c3)ccc2Cl)C[C@H](C)[C@@]1(O)CNC(=O)[C@@H]1[C@@H](O)CCN1C(=O)OC. The highest BCUT2D eigenvalue weighted by Gasteiger charge is 2.51. The number of rotatable bonds is 8. The van der Waals surface area contributed by atoms with Gasteiger partial charge in [-0.05, 0) is 49.3 Å². The number of hydrogen-bond donors (Lipinski definition) is 4. The second kappa shape index (κ2) is 13.8. The number of halogens is 4. The molecule has 1 heterocycles. The van der Waals surface area contributed by atoms with Crippen molar-refractivity contribution in [2.45, 2.75) is 67.4 Å². The van der Waals surface area contributed by atoms with Crippen molar-refractivity contribution in [3.63, 3.8) is 0 Å². The number of methoxy groups -OCH3 is 1. The third kappa shape index (κ3) is 6.82. The Balaban J connectivity index is 1.51. The maximum Gasteiger partial charge on any atom is 0.410 e. The molecule has 2 aromatic rings. The first-order valence-corrected chi connectivity index (χ1v) is 16.5. The van der Waals surface area contributed by atoms with Crippen molar-refractivity contribution in [3.8, 4) is 0 Å². The molecule has 0 radical (unpaired) electrons. The summed E-state index contributed by atoms with van der Waals surface area (Å²) >= 11 is 6.28. The van der Waals surface area contributed by atoms with Gasteiger partial charge >= 0.3 is 6.09 Å². The first-order valence-electron chi connectivity index (χ1n) is 14.6. The van der Waals surface area contributed by atoms with Crippen LogP contribution in [0, 0.1) is 29.3 Å². The second-order valence-corrected chi connectivity index (χ2v) is 14.3. The summed E-state index contributed by atoms with van der Waals surface area (Å²) in [7, 11) is -3.06. The lowest BCUT2D eigenvalue weighted by molar-refractivity contribution is -0.132. The number of aliphatic hydroxyl groups excluding tert-OH is 1. The number of nitrogens with zero attached hydrogens (tertiary/aromatic N) is 1. The van der Waals surface area contributed by atoms with Crippen molar-refractivity contribution in [1.29, 1.82) is 0 Å². The van der Waals surface area contributed by atoms with Crippen molar-refractivity contribution in [1.82, 2.24) is 10.2 Å². The van der Waals surface area contributed by atoms with E-state index in [2.05, 4.69) is 10.6 Å². The molecule has 11 nitrogen and oxygen atoms in total. The molecule has 16 heteroatoms. The topological polar surface area (TPSA) is 162 Å². The smallest absolute Gasteiger partial charge is 0.410 e. The van der Waals surface area contributed by atoms with Crippen LogP contribution in [0.15, 0.2) is 35.2 Å². The van der Waals surface area contributed by atoms with Crippen LogP contribution in [0.4, 0.5) is 23.7 Å². The second-order valence-electron chi connectivity index (χ2n) is 11.7. The van der Waals surface area contributed by atoms with Crippen LogP contribution in [-0.4, -0.2) is 84.6 Å². The van der Waals surface area contributed by atoms with E-state index < -0.39 is 80.0 Å². The van der Waals surface area contributed by atoms with Crippen LogP contribution in [0.2, 0.25) is 5.02 Å². The quantitative estimate of drug-likeness (QED) is 0.306. The molecule has 0 bridgehead atoms. The highest BCUT2D eigenvalue weighted by molar-refractivity contribution is 7.92. The minimum absolute atomic E-state index is 0.0171. The van der Waals surface area contributed by atoms with Gasteiger partial charge in [0, 0.05) is 36.5 Å².